The van der Waals surface area contributed by atoms with E-state index in [2.05, 4.69) is 15.1 Å². The summed E-state index contributed by atoms with van der Waals surface area (Å²) in [6.07, 6.45) is 1.38. The lowest BCUT2D eigenvalue weighted by molar-refractivity contribution is 0.446. The van der Waals surface area contributed by atoms with Gasteiger partial charge in [-0.1, -0.05) is 36.4 Å². The molecule has 0 saturated heterocycles. The van der Waals surface area contributed by atoms with Crippen molar-refractivity contribution >= 4 is 38.7 Å². The smallest absolute Gasteiger partial charge is 0.200 e. The highest BCUT2D eigenvalue weighted by Gasteiger charge is 2.27. The van der Waals surface area contributed by atoms with E-state index in [1.54, 1.807) is 41.1 Å². The molecule has 0 saturated carbocycles. The Labute approximate surface area is 232 Å². The third kappa shape index (κ3) is 3.79. The van der Waals surface area contributed by atoms with Crippen molar-refractivity contribution in [1.29, 1.82) is 0 Å². The molecule has 9 nitrogen and oxygen atoms in total. The number of halogens is 1. The van der Waals surface area contributed by atoms with Gasteiger partial charge in [-0.25, -0.2) is 19.0 Å². The molecular formula is C31H24FN7O2. The number of rotatable bonds is 4. The maximum Gasteiger partial charge on any atom is 0.200 e. The number of anilines is 1. The van der Waals surface area contributed by atoms with Gasteiger partial charge in [-0.15, -0.1) is 0 Å². The van der Waals surface area contributed by atoms with Crippen LogP contribution in [-0.2, 0) is 7.05 Å². The van der Waals surface area contributed by atoms with Gasteiger partial charge in [-0.3, -0.25) is 9.48 Å². The Hall–Kier alpha value is -5.38. The first-order chi connectivity index (χ1) is 19.8. The van der Waals surface area contributed by atoms with E-state index in [4.69, 9.17) is 15.2 Å². The molecule has 0 aliphatic carbocycles. The van der Waals surface area contributed by atoms with Crippen LogP contribution in [0, 0.1) is 12.7 Å². The Bertz CT molecular complexity index is 2210. The van der Waals surface area contributed by atoms with E-state index in [0.29, 0.717) is 39.0 Å². The Kier molecular flexibility index (Phi) is 5.46. The molecule has 0 spiro atoms. The monoisotopic (exact) mass is 545 g/mol. The summed E-state index contributed by atoms with van der Waals surface area (Å²) in [4.78, 5) is 22.6. The third-order valence-corrected chi connectivity index (χ3v) is 7.51. The Balaban J connectivity index is 1.50. The molecular weight excluding hydrogens is 521 g/mol. The second kappa shape index (κ2) is 9.09. The Morgan fingerprint density at radius 3 is 2.61 bits per heavy atom. The first kappa shape index (κ1) is 24.6. The predicted octanol–water partition coefficient (Wildman–Crippen LogP) is 5.79. The molecule has 4 heterocycles. The summed E-state index contributed by atoms with van der Waals surface area (Å²) in [7, 11) is 1.89. The standard InChI is InChI=1S/C31H24FN7O2/c1-16-21-12-11-19(14-23(21)38(3)36-16)27-26-30(33)34-15-35-31(26)39(37-27)17(2)29-25(18-7-6-8-20(32)13-18)28(40)22-9-4-5-10-24(22)41-29/h4-15,17H,1-3H3,(H2,33,34,35). The normalized spacial score (nSPS) is 12.5. The molecule has 7 aromatic rings. The molecule has 0 bridgehead atoms. The van der Waals surface area contributed by atoms with Gasteiger partial charge in [0.25, 0.3) is 0 Å². The van der Waals surface area contributed by atoms with Crippen molar-refractivity contribution in [2.24, 2.45) is 7.05 Å². The molecule has 10 heteroatoms. The van der Waals surface area contributed by atoms with Crippen molar-refractivity contribution in [3.63, 3.8) is 0 Å². The van der Waals surface area contributed by atoms with Gasteiger partial charge >= 0.3 is 0 Å². The van der Waals surface area contributed by atoms with E-state index in [1.165, 1.54) is 18.5 Å². The number of aromatic nitrogens is 6. The van der Waals surface area contributed by atoms with Gasteiger partial charge in [-0.2, -0.15) is 10.2 Å². The molecule has 0 radical (unpaired) electrons. The molecule has 4 aromatic heterocycles. The number of nitrogens with zero attached hydrogens (tertiary/aromatic N) is 6. The van der Waals surface area contributed by atoms with Gasteiger partial charge in [0, 0.05) is 18.0 Å². The van der Waals surface area contributed by atoms with Crippen LogP contribution in [0.4, 0.5) is 10.2 Å². The van der Waals surface area contributed by atoms with Crippen LogP contribution < -0.4 is 11.2 Å². The molecule has 0 fully saturated rings. The molecule has 1 atom stereocenters. The molecule has 202 valence electrons. The van der Waals surface area contributed by atoms with Gasteiger partial charge < -0.3 is 10.2 Å². The summed E-state index contributed by atoms with van der Waals surface area (Å²) in [5.41, 5.74) is 11.0. The lowest BCUT2D eigenvalue weighted by Gasteiger charge is -2.17. The fourth-order valence-corrected chi connectivity index (χ4v) is 5.53. The number of nitrogens with two attached hydrogens (primary N) is 1. The molecule has 0 amide bonds. The van der Waals surface area contributed by atoms with Gasteiger partial charge in [0.1, 0.15) is 41.0 Å². The quantitative estimate of drug-likeness (QED) is 0.297. The molecule has 2 N–H and O–H groups in total. The van der Waals surface area contributed by atoms with Crippen molar-refractivity contribution in [2.75, 3.05) is 5.73 Å². The fraction of sp³-hybridized carbons (Fsp3) is 0.129. The van der Waals surface area contributed by atoms with Gasteiger partial charge in [-0.05, 0) is 49.7 Å². The summed E-state index contributed by atoms with van der Waals surface area (Å²) in [5.74, 6) is 0.141. The number of hydrogen-bond donors (Lipinski definition) is 1. The third-order valence-electron chi connectivity index (χ3n) is 7.51. The van der Waals surface area contributed by atoms with Crippen LogP contribution in [-0.4, -0.2) is 29.5 Å². The summed E-state index contributed by atoms with van der Waals surface area (Å²) in [6, 6.07) is 18.3. The molecule has 0 aliphatic rings. The molecule has 7 rings (SSSR count). The van der Waals surface area contributed by atoms with Gasteiger partial charge in [0.2, 0.25) is 5.43 Å². The highest BCUT2D eigenvalue weighted by molar-refractivity contribution is 6.00. The lowest BCUT2D eigenvalue weighted by Crippen LogP contribution is -2.16. The second-order valence-corrected chi connectivity index (χ2v) is 10.0. The van der Waals surface area contributed by atoms with E-state index < -0.39 is 11.9 Å². The van der Waals surface area contributed by atoms with Gasteiger partial charge in [0.05, 0.1) is 27.5 Å². The summed E-state index contributed by atoms with van der Waals surface area (Å²) < 4.78 is 24.2. The van der Waals surface area contributed by atoms with Crippen LogP contribution in [0.3, 0.4) is 0 Å². The van der Waals surface area contributed by atoms with Crippen molar-refractivity contribution in [2.45, 2.75) is 19.9 Å². The van der Waals surface area contributed by atoms with Crippen LogP contribution in [0.25, 0.3) is 55.3 Å². The number of para-hydroxylation sites is 1. The topological polar surface area (TPSA) is 118 Å². The van der Waals surface area contributed by atoms with Crippen molar-refractivity contribution in [1.82, 2.24) is 29.5 Å². The zero-order valence-electron chi connectivity index (χ0n) is 22.5. The van der Waals surface area contributed by atoms with E-state index in [0.717, 1.165) is 22.2 Å². The summed E-state index contributed by atoms with van der Waals surface area (Å²) >= 11 is 0. The summed E-state index contributed by atoms with van der Waals surface area (Å²) in [5, 5.41) is 11.5. The van der Waals surface area contributed by atoms with Crippen LogP contribution in [0.5, 0.6) is 0 Å². The number of fused-ring (bicyclic) bond motifs is 3. The first-order valence-corrected chi connectivity index (χ1v) is 13.1. The summed E-state index contributed by atoms with van der Waals surface area (Å²) in [6.45, 7) is 3.82. The largest absolute Gasteiger partial charge is 0.458 e. The Morgan fingerprint density at radius 2 is 1.78 bits per heavy atom. The van der Waals surface area contributed by atoms with Gasteiger partial charge in [0.15, 0.2) is 5.65 Å². The molecule has 3 aromatic carbocycles. The minimum absolute atomic E-state index is 0.259. The predicted molar refractivity (Wildman–Crippen MR) is 156 cm³/mol. The van der Waals surface area contributed by atoms with Crippen molar-refractivity contribution in [3.05, 3.63) is 101 Å². The van der Waals surface area contributed by atoms with Crippen molar-refractivity contribution < 1.29 is 8.81 Å². The number of benzene rings is 3. The lowest BCUT2D eigenvalue weighted by atomic mass is 9.99. The number of hydrogen-bond acceptors (Lipinski definition) is 7. The van der Waals surface area contributed by atoms with Crippen LogP contribution >= 0.6 is 0 Å². The van der Waals surface area contributed by atoms with Crippen LogP contribution in [0.15, 0.2) is 82.3 Å². The SMILES string of the molecule is Cc1nn(C)c2cc(-c3nn(C(C)c4oc5ccccc5c(=O)c4-c4cccc(F)c4)c4ncnc(N)c34)ccc12. The highest BCUT2D eigenvalue weighted by Crippen LogP contribution is 2.37. The minimum atomic E-state index is -0.626. The van der Waals surface area contributed by atoms with E-state index in [-0.39, 0.29) is 16.8 Å². The number of nitrogen functional groups attached to an aromatic ring is 1. The van der Waals surface area contributed by atoms with Crippen molar-refractivity contribution in [3.8, 4) is 22.4 Å². The zero-order valence-corrected chi connectivity index (χ0v) is 22.5. The van der Waals surface area contributed by atoms with Crippen LogP contribution in [0.2, 0.25) is 0 Å². The molecule has 41 heavy (non-hydrogen) atoms. The Morgan fingerprint density at radius 1 is 0.951 bits per heavy atom. The first-order valence-electron chi connectivity index (χ1n) is 13.1. The highest BCUT2D eigenvalue weighted by atomic mass is 19.1. The minimum Gasteiger partial charge on any atom is -0.458 e. The average Bonchev–Trinajstić information content (AvgIpc) is 3.50. The van der Waals surface area contributed by atoms with E-state index in [1.807, 2.05) is 43.8 Å². The zero-order chi connectivity index (χ0) is 28.4. The van der Waals surface area contributed by atoms with E-state index in [9.17, 15) is 9.18 Å². The second-order valence-electron chi connectivity index (χ2n) is 10.0. The molecule has 0 aliphatic heterocycles. The maximum absolute atomic E-state index is 14.4. The average molecular weight is 546 g/mol. The maximum atomic E-state index is 14.4. The van der Waals surface area contributed by atoms with Crippen LogP contribution in [0.1, 0.15) is 24.4 Å². The van der Waals surface area contributed by atoms with E-state index >= 15 is 0 Å². The number of aryl methyl sites for hydroxylation is 2. The fourth-order valence-electron chi connectivity index (χ4n) is 5.53. The molecule has 1 unspecified atom stereocenters.